The number of nitro benzene ring substituents is 1. The molecule has 0 heterocycles. The van der Waals surface area contributed by atoms with E-state index in [4.69, 9.17) is 4.74 Å². The number of benzene rings is 1. The highest BCUT2D eigenvalue weighted by molar-refractivity contribution is 5.89. The number of carbonyl (C=O) groups is 1. The summed E-state index contributed by atoms with van der Waals surface area (Å²) in [6, 6.07) is 5.66. The molecule has 0 aromatic heterocycles. The predicted octanol–water partition coefficient (Wildman–Crippen LogP) is 3.58. The molecule has 0 amide bonds. The lowest BCUT2D eigenvalue weighted by atomic mass is 9.80. The average Bonchev–Trinajstić information content (AvgIpc) is 3.19. The number of nitrogens with zero attached hydrogens (tertiary/aromatic N) is 1. The molecule has 0 saturated heterocycles. The van der Waals surface area contributed by atoms with Crippen LogP contribution in [0.25, 0.3) is 0 Å². The first-order valence-corrected chi connectivity index (χ1v) is 8.09. The van der Waals surface area contributed by atoms with Crippen LogP contribution in [0.5, 0.6) is 0 Å². The highest BCUT2D eigenvalue weighted by atomic mass is 16.6. The molecule has 0 N–H and O–H groups in total. The van der Waals surface area contributed by atoms with E-state index in [1.165, 1.54) is 49.9 Å². The number of non-ortho nitro benzene ring substituents is 1. The van der Waals surface area contributed by atoms with E-state index in [1.54, 1.807) is 0 Å². The first kappa shape index (κ1) is 13.7. The summed E-state index contributed by atoms with van der Waals surface area (Å²) in [7, 11) is 0. The van der Waals surface area contributed by atoms with Crippen LogP contribution in [0.3, 0.4) is 0 Å². The molecule has 3 fully saturated rings. The Morgan fingerprint density at radius 2 is 1.82 bits per heavy atom. The Labute approximate surface area is 128 Å². The van der Waals surface area contributed by atoms with Crippen molar-refractivity contribution in [1.82, 2.24) is 0 Å². The zero-order chi connectivity index (χ0) is 15.3. The van der Waals surface area contributed by atoms with Gasteiger partial charge in [0.05, 0.1) is 10.5 Å². The van der Waals surface area contributed by atoms with E-state index in [1.807, 2.05) is 0 Å². The number of esters is 1. The zero-order valence-electron chi connectivity index (χ0n) is 12.3. The van der Waals surface area contributed by atoms with Crippen LogP contribution in [-0.2, 0) is 4.74 Å². The Kier molecular flexibility index (Phi) is 3.17. The fourth-order valence-corrected chi connectivity index (χ4v) is 5.07. The number of carbonyl (C=O) groups excluding carboxylic acids is 1. The van der Waals surface area contributed by atoms with Crippen LogP contribution < -0.4 is 0 Å². The number of hydrogen-bond acceptors (Lipinski definition) is 4. The fourth-order valence-electron chi connectivity index (χ4n) is 5.07. The Balaban J connectivity index is 1.43. The second-order valence-electron chi connectivity index (χ2n) is 6.90. The highest BCUT2D eigenvalue weighted by Gasteiger charge is 2.55. The van der Waals surface area contributed by atoms with Crippen molar-refractivity contribution < 1.29 is 14.5 Å². The third-order valence-corrected chi connectivity index (χ3v) is 5.94. The number of nitro groups is 1. The second-order valence-corrected chi connectivity index (χ2v) is 6.90. The van der Waals surface area contributed by atoms with Crippen molar-refractivity contribution >= 4 is 11.7 Å². The minimum Gasteiger partial charge on any atom is -0.458 e. The van der Waals surface area contributed by atoms with Crippen LogP contribution in [-0.4, -0.2) is 17.0 Å². The minimum atomic E-state index is -0.467. The van der Waals surface area contributed by atoms with E-state index >= 15 is 0 Å². The first-order valence-electron chi connectivity index (χ1n) is 8.09. The van der Waals surface area contributed by atoms with Gasteiger partial charge in [-0.1, -0.05) is 6.42 Å². The normalized spacial score (nSPS) is 35.4. The summed E-state index contributed by atoms with van der Waals surface area (Å²) >= 11 is 0. The van der Waals surface area contributed by atoms with Crippen molar-refractivity contribution in [3.8, 4) is 0 Å². The van der Waals surface area contributed by atoms with Gasteiger partial charge in [0.2, 0.25) is 0 Å². The molecule has 0 unspecified atom stereocenters. The number of ether oxygens (including phenoxy) is 1. The van der Waals surface area contributed by atoms with Gasteiger partial charge >= 0.3 is 5.97 Å². The summed E-state index contributed by atoms with van der Waals surface area (Å²) < 4.78 is 5.73. The molecule has 22 heavy (non-hydrogen) atoms. The Bertz CT molecular complexity index is 612. The summed E-state index contributed by atoms with van der Waals surface area (Å²) in [6.45, 7) is 0. The molecular formula is C17H19NO4. The van der Waals surface area contributed by atoms with E-state index in [0.717, 1.165) is 24.2 Å². The van der Waals surface area contributed by atoms with Gasteiger partial charge in [-0.3, -0.25) is 10.1 Å². The van der Waals surface area contributed by atoms with Gasteiger partial charge in [0.25, 0.3) is 5.69 Å². The molecule has 3 saturated carbocycles. The maximum Gasteiger partial charge on any atom is 0.338 e. The van der Waals surface area contributed by atoms with E-state index in [0.29, 0.717) is 11.5 Å². The predicted molar refractivity (Wildman–Crippen MR) is 79.3 cm³/mol. The van der Waals surface area contributed by atoms with Crippen molar-refractivity contribution in [2.75, 3.05) is 0 Å². The van der Waals surface area contributed by atoms with Crippen LogP contribution in [0.15, 0.2) is 24.3 Å². The van der Waals surface area contributed by atoms with Crippen LogP contribution in [0.1, 0.15) is 42.5 Å². The van der Waals surface area contributed by atoms with Gasteiger partial charge in [-0.05, 0) is 61.5 Å². The van der Waals surface area contributed by atoms with E-state index < -0.39 is 4.92 Å². The SMILES string of the molecule is O=C(O[C@H]1C[C@@H]2C[C@@H]1[C@H]1CCC[C@H]21)c1ccc([N+](=O)[O-])cc1. The van der Waals surface area contributed by atoms with Gasteiger partial charge in [-0.2, -0.15) is 0 Å². The monoisotopic (exact) mass is 301 g/mol. The molecular weight excluding hydrogens is 282 g/mol. The summed E-state index contributed by atoms with van der Waals surface area (Å²) in [5.41, 5.74) is 0.390. The van der Waals surface area contributed by atoms with E-state index in [-0.39, 0.29) is 17.8 Å². The molecule has 116 valence electrons. The summed E-state index contributed by atoms with van der Waals surface area (Å²) in [4.78, 5) is 22.4. The second kappa shape index (κ2) is 5.07. The minimum absolute atomic E-state index is 0.00901. The summed E-state index contributed by atoms with van der Waals surface area (Å²) in [6.07, 6.45) is 6.24. The molecule has 3 aliphatic carbocycles. The topological polar surface area (TPSA) is 69.4 Å². The third kappa shape index (κ3) is 2.11. The summed E-state index contributed by atoms with van der Waals surface area (Å²) in [5.74, 6) is 2.57. The van der Waals surface area contributed by atoms with Crippen LogP contribution in [0.2, 0.25) is 0 Å². The first-order chi connectivity index (χ1) is 10.6. The molecule has 1 aromatic rings. The Hall–Kier alpha value is -1.91. The maximum atomic E-state index is 12.3. The molecule has 5 atom stereocenters. The lowest BCUT2D eigenvalue weighted by molar-refractivity contribution is -0.384. The van der Waals surface area contributed by atoms with E-state index in [9.17, 15) is 14.9 Å². The lowest BCUT2D eigenvalue weighted by Crippen LogP contribution is -2.32. The van der Waals surface area contributed by atoms with Gasteiger partial charge in [-0.15, -0.1) is 0 Å². The quantitative estimate of drug-likeness (QED) is 0.486. The van der Waals surface area contributed by atoms with Gasteiger partial charge in [0, 0.05) is 12.1 Å². The molecule has 1 aromatic carbocycles. The molecule has 0 radical (unpaired) electrons. The van der Waals surface area contributed by atoms with Gasteiger partial charge < -0.3 is 4.74 Å². The molecule has 0 aliphatic heterocycles. The number of fused-ring (bicyclic) bond motifs is 5. The molecule has 5 nitrogen and oxygen atoms in total. The van der Waals surface area contributed by atoms with Crippen LogP contribution >= 0.6 is 0 Å². The van der Waals surface area contributed by atoms with Gasteiger partial charge in [0.1, 0.15) is 6.10 Å². The van der Waals surface area contributed by atoms with Crippen molar-refractivity contribution in [2.24, 2.45) is 23.7 Å². The fraction of sp³-hybridized carbons (Fsp3) is 0.588. The average molecular weight is 301 g/mol. The van der Waals surface area contributed by atoms with Gasteiger partial charge in [0.15, 0.2) is 0 Å². The van der Waals surface area contributed by atoms with Crippen LogP contribution in [0.4, 0.5) is 5.69 Å². The number of hydrogen-bond donors (Lipinski definition) is 0. The maximum absolute atomic E-state index is 12.3. The number of rotatable bonds is 3. The molecule has 5 heteroatoms. The molecule has 3 aliphatic rings. The smallest absolute Gasteiger partial charge is 0.338 e. The van der Waals surface area contributed by atoms with Crippen molar-refractivity contribution in [1.29, 1.82) is 0 Å². The molecule has 2 bridgehead atoms. The highest BCUT2D eigenvalue weighted by Crippen LogP contribution is 2.59. The van der Waals surface area contributed by atoms with E-state index in [2.05, 4.69) is 0 Å². The van der Waals surface area contributed by atoms with Crippen molar-refractivity contribution in [2.45, 2.75) is 38.2 Å². The Morgan fingerprint density at radius 3 is 2.55 bits per heavy atom. The Morgan fingerprint density at radius 1 is 1.09 bits per heavy atom. The third-order valence-electron chi connectivity index (χ3n) is 5.94. The summed E-state index contributed by atoms with van der Waals surface area (Å²) in [5, 5.41) is 10.6. The largest absolute Gasteiger partial charge is 0.458 e. The lowest BCUT2D eigenvalue weighted by Gasteiger charge is -2.31. The van der Waals surface area contributed by atoms with Crippen molar-refractivity contribution in [3.05, 3.63) is 39.9 Å². The molecule has 0 spiro atoms. The van der Waals surface area contributed by atoms with Crippen LogP contribution in [0, 0.1) is 33.8 Å². The van der Waals surface area contributed by atoms with Gasteiger partial charge in [-0.25, -0.2) is 4.79 Å². The zero-order valence-corrected chi connectivity index (χ0v) is 12.3. The standard InChI is InChI=1S/C17H19NO4/c19-17(10-4-6-12(7-5-10)18(20)21)22-16-9-11-8-15(16)14-3-1-2-13(11)14/h4-7,11,13-16H,1-3,8-9H2/t11-,13+,14-,15+,16-/m0/s1. The molecule has 4 rings (SSSR count). The van der Waals surface area contributed by atoms with Crippen molar-refractivity contribution in [3.63, 3.8) is 0 Å².